The van der Waals surface area contributed by atoms with E-state index in [9.17, 15) is 4.79 Å². The molecule has 0 spiro atoms. The van der Waals surface area contributed by atoms with E-state index in [-0.39, 0.29) is 5.56 Å². The van der Waals surface area contributed by atoms with E-state index in [1.54, 1.807) is 11.8 Å². The number of aromatic nitrogens is 1. The SMILES string of the molecule is CSc1[nH]c(=O)c(C)c2ccccc12. The van der Waals surface area contributed by atoms with Crippen LogP contribution in [0.4, 0.5) is 0 Å². The van der Waals surface area contributed by atoms with E-state index in [4.69, 9.17) is 0 Å². The number of rotatable bonds is 1. The molecule has 1 aromatic carbocycles. The topological polar surface area (TPSA) is 32.9 Å². The molecule has 0 amide bonds. The Morgan fingerprint density at radius 1 is 1.21 bits per heavy atom. The van der Waals surface area contributed by atoms with Crippen molar-refractivity contribution in [1.82, 2.24) is 4.98 Å². The fraction of sp³-hybridized carbons (Fsp3) is 0.182. The van der Waals surface area contributed by atoms with Gasteiger partial charge in [-0.1, -0.05) is 24.3 Å². The second kappa shape index (κ2) is 3.50. The summed E-state index contributed by atoms with van der Waals surface area (Å²) in [5, 5.41) is 3.11. The Kier molecular flexibility index (Phi) is 2.33. The largest absolute Gasteiger partial charge is 0.316 e. The number of nitrogens with one attached hydrogen (secondary N) is 1. The smallest absolute Gasteiger partial charge is 0.252 e. The maximum atomic E-state index is 11.5. The number of aryl methyl sites for hydroxylation is 1. The maximum absolute atomic E-state index is 11.5. The molecule has 3 heteroatoms. The summed E-state index contributed by atoms with van der Waals surface area (Å²) < 4.78 is 0. The number of thioether (sulfide) groups is 1. The summed E-state index contributed by atoms with van der Waals surface area (Å²) in [6, 6.07) is 7.96. The Morgan fingerprint density at radius 2 is 1.86 bits per heavy atom. The van der Waals surface area contributed by atoms with Gasteiger partial charge >= 0.3 is 0 Å². The van der Waals surface area contributed by atoms with Crippen LogP contribution in [0.2, 0.25) is 0 Å². The molecule has 0 saturated heterocycles. The Balaban J connectivity index is 2.97. The molecule has 1 aromatic heterocycles. The van der Waals surface area contributed by atoms with Crippen LogP contribution >= 0.6 is 11.8 Å². The van der Waals surface area contributed by atoms with Gasteiger partial charge in [0.15, 0.2) is 0 Å². The summed E-state index contributed by atoms with van der Waals surface area (Å²) in [4.78, 5) is 14.4. The number of pyridine rings is 1. The molecule has 2 rings (SSSR count). The fourth-order valence-corrected chi connectivity index (χ4v) is 2.15. The third kappa shape index (κ3) is 1.34. The van der Waals surface area contributed by atoms with E-state index < -0.39 is 0 Å². The highest BCUT2D eigenvalue weighted by Crippen LogP contribution is 2.23. The second-order valence-corrected chi connectivity index (χ2v) is 3.97. The van der Waals surface area contributed by atoms with Crippen LogP contribution in [0.25, 0.3) is 10.8 Å². The molecule has 2 aromatic rings. The molecule has 0 aliphatic heterocycles. The lowest BCUT2D eigenvalue weighted by molar-refractivity contribution is 1.09. The molecule has 0 aliphatic rings. The summed E-state index contributed by atoms with van der Waals surface area (Å²) in [5.74, 6) is 0. The lowest BCUT2D eigenvalue weighted by Crippen LogP contribution is -2.10. The lowest BCUT2D eigenvalue weighted by Gasteiger charge is -2.05. The van der Waals surface area contributed by atoms with Gasteiger partial charge < -0.3 is 4.98 Å². The number of aromatic amines is 1. The van der Waals surface area contributed by atoms with Crippen molar-refractivity contribution in [3.63, 3.8) is 0 Å². The zero-order valence-electron chi connectivity index (χ0n) is 8.13. The molecule has 0 atom stereocenters. The number of hydrogen-bond acceptors (Lipinski definition) is 2. The van der Waals surface area contributed by atoms with Crippen molar-refractivity contribution in [2.24, 2.45) is 0 Å². The molecule has 14 heavy (non-hydrogen) atoms. The predicted octanol–water partition coefficient (Wildman–Crippen LogP) is 2.56. The van der Waals surface area contributed by atoms with Crippen LogP contribution in [0.3, 0.4) is 0 Å². The minimum Gasteiger partial charge on any atom is -0.316 e. The molecular formula is C11H11NOS. The van der Waals surface area contributed by atoms with Crippen LogP contribution in [0.1, 0.15) is 5.56 Å². The number of hydrogen-bond donors (Lipinski definition) is 1. The van der Waals surface area contributed by atoms with E-state index in [1.165, 1.54) is 0 Å². The van der Waals surface area contributed by atoms with Gasteiger partial charge in [-0.05, 0) is 18.6 Å². The van der Waals surface area contributed by atoms with E-state index in [0.717, 1.165) is 21.4 Å². The molecule has 1 N–H and O–H groups in total. The quantitative estimate of drug-likeness (QED) is 0.726. The van der Waals surface area contributed by atoms with Gasteiger partial charge in [0.25, 0.3) is 5.56 Å². The Bertz CT molecular complexity index is 530. The minimum atomic E-state index is 0.00745. The van der Waals surface area contributed by atoms with Gasteiger partial charge in [-0.2, -0.15) is 0 Å². The van der Waals surface area contributed by atoms with Crippen molar-refractivity contribution in [2.45, 2.75) is 11.9 Å². The molecule has 0 fully saturated rings. The van der Waals surface area contributed by atoms with Crippen LogP contribution in [0.5, 0.6) is 0 Å². The normalized spacial score (nSPS) is 10.7. The molecule has 1 heterocycles. The van der Waals surface area contributed by atoms with Crippen LogP contribution in [0.15, 0.2) is 34.1 Å². The van der Waals surface area contributed by atoms with Gasteiger partial charge in [0.1, 0.15) is 0 Å². The summed E-state index contributed by atoms with van der Waals surface area (Å²) in [6.07, 6.45) is 1.97. The van der Waals surface area contributed by atoms with E-state index in [2.05, 4.69) is 4.98 Å². The molecule has 0 radical (unpaired) electrons. The van der Waals surface area contributed by atoms with Crippen molar-refractivity contribution < 1.29 is 0 Å². The zero-order chi connectivity index (χ0) is 10.1. The first-order chi connectivity index (χ1) is 6.74. The first kappa shape index (κ1) is 9.34. The summed E-state index contributed by atoms with van der Waals surface area (Å²) in [6.45, 7) is 1.85. The highest BCUT2D eigenvalue weighted by atomic mass is 32.2. The van der Waals surface area contributed by atoms with Gasteiger partial charge in [-0.25, -0.2) is 0 Å². The van der Waals surface area contributed by atoms with Crippen LogP contribution in [-0.4, -0.2) is 11.2 Å². The average Bonchev–Trinajstić information content (AvgIpc) is 2.23. The van der Waals surface area contributed by atoms with Gasteiger partial charge in [-0.3, -0.25) is 4.79 Å². The number of fused-ring (bicyclic) bond motifs is 1. The number of H-pyrrole nitrogens is 1. The molecule has 0 aliphatic carbocycles. The summed E-state index contributed by atoms with van der Waals surface area (Å²) >= 11 is 1.57. The molecule has 0 saturated carbocycles. The molecule has 0 bridgehead atoms. The maximum Gasteiger partial charge on any atom is 0.252 e. The number of benzene rings is 1. The standard InChI is InChI=1S/C11H11NOS/c1-7-8-5-3-4-6-9(8)11(14-2)12-10(7)13/h3-6H,1-2H3,(H,12,13). The predicted molar refractivity (Wildman–Crippen MR) is 61.1 cm³/mol. The van der Waals surface area contributed by atoms with E-state index >= 15 is 0 Å². The van der Waals surface area contributed by atoms with E-state index in [0.29, 0.717) is 0 Å². The van der Waals surface area contributed by atoms with E-state index in [1.807, 2.05) is 37.4 Å². The molecule has 2 nitrogen and oxygen atoms in total. The Morgan fingerprint density at radius 3 is 2.50 bits per heavy atom. The van der Waals surface area contributed by atoms with Crippen LogP contribution < -0.4 is 5.56 Å². The van der Waals surface area contributed by atoms with Crippen molar-refractivity contribution in [2.75, 3.05) is 6.26 Å². The Hall–Kier alpha value is -1.22. The zero-order valence-corrected chi connectivity index (χ0v) is 8.94. The summed E-state index contributed by atoms with van der Waals surface area (Å²) in [7, 11) is 0. The second-order valence-electron chi connectivity index (χ2n) is 3.16. The minimum absolute atomic E-state index is 0.00745. The molecular weight excluding hydrogens is 194 g/mol. The molecule has 72 valence electrons. The first-order valence-electron chi connectivity index (χ1n) is 4.39. The molecule has 0 unspecified atom stereocenters. The van der Waals surface area contributed by atoms with Gasteiger partial charge in [-0.15, -0.1) is 11.8 Å². The van der Waals surface area contributed by atoms with Crippen molar-refractivity contribution in [3.8, 4) is 0 Å². The van der Waals surface area contributed by atoms with Crippen molar-refractivity contribution >= 4 is 22.5 Å². The van der Waals surface area contributed by atoms with Crippen molar-refractivity contribution in [1.29, 1.82) is 0 Å². The third-order valence-corrected chi connectivity index (χ3v) is 3.08. The van der Waals surface area contributed by atoms with Gasteiger partial charge in [0.05, 0.1) is 5.03 Å². The van der Waals surface area contributed by atoms with Gasteiger partial charge in [0.2, 0.25) is 0 Å². The van der Waals surface area contributed by atoms with Crippen LogP contribution in [0, 0.1) is 6.92 Å². The fourth-order valence-electron chi connectivity index (χ4n) is 1.56. The summed E-state index contributed by atoms with van der Waals surface area (Å²) in [5.41, 5.74) is 0.798. The third-order valence-electron chi connectivity index (χ3n) is 2.35. The monoisotopic (exact) mass is 205 g/mol. The van der Waals surface area contributed by atoms with Gasteiger partial charge in [0, 0.05) is 10.9 Å². The lowest BCUT2D eigenvalue weighted by atomic mass is 10.1. The van der Waals surface area contributed by atoms with Crippen molar-refractivity contribution in [3.05, 3.63) is 40.2 Å². The average molecular weight is 205 g/mol. The Labute approximate surface area is 86.3 Å². The highest BCUT2D eigenvalue weighted by Gasteiger charge is 2.05. The first-order valence-corrected chi connectivity index (χ1v) is 5.62. The van der Waals surface area contributed by atoms with Crippen LogP contribution in [-0.2, 0) is 0 Å². The highest BCUT2D eigenvalue weighted by molar-refractivity contribution is 7.98.